The minimum atomic E-state index is 0.657. The molecule has 0 aliphatic heterocycles. The highest BCUT2D eigenvalue weighted by molar-refractivity contribution is 5.81. The number of H-pyrrole nitrogens is 1. The van der Waals surface area contributed by atoms with E-state index in [9.17, 15) is 0 Å². The van der Waals surface area contributed by atoms with Gasteiger partial charge in [-0.3, -0.25) is 0 Å². The van der Waals surface area contributed by atoms with Crippen LogP contribution in [0.15, 0.2) is 65.8 Å². The van der Waals surface area contributed by atoms with Gasteiger partial charge in [-0.05, 0) is 29.8 Å². The number of aromatic nitrogens is 2. The summed E-state index contributed by atoms with van der Waals surface area (Å²) in [5.41, 5.74) is 2.04. The van der Waals surface area contributed by atoms with Crippen molar-refractivity contribution >= 4 is 12.0 Å². The number of methoxy groups -OCH3 is 1. The quantitative estimate of drug-likeness (QED) is 0.737. The third-order valence-corrected chi connectivity index (χ3v) is 3.07. The number of rotatable bonds is 4. The fourth-order valence-electron chi connectivity index (χ4n) is 1.95. The van der Waals surface area contributed by atoms with Crippen LogP contribution >= 0.6 is 0 Å². The van der Waals surface area contributed by atoms with E-state index in [-0.39, 0.29) is 0 Å². The SMILES string of the molecule is COc1ccc(-c2nc(N=Cc3ccccc3)c[nH]2)cc1. The minimum absolute atomic E-state index is 0.657. The Morgan fingerprint density at radius 1 is 1.05 bits per heavy atom. The molecule has 1 aromatic heterocycles. The van der Waals surface area contributed by atoms with Gasteiger partial charge in [-0.2, -0.15) is 0 Å². The van der Waals surface area contributed by atoms with E-state index in [1.165, 1.54) is 0 Å². The van der Waals surface area contributed by atoms with Gasteiger partial charge >= 0.3 is 0 Å². The van der Waals surface area contributed by atoms with Gasteiger partial charge in [-0.1, -0.05) is 30.3 Å². The normalized spacial score (nSPS) is 10.9. The van der Waals surface area contributed by atoms with E-state index in [4.69, 9.17) is 4.74 Å². The molecule has 4 heteroatoms. The highest BCUT2D eigenvalue weighted by Crippen LogP contribution is 2.21. The van der Waals surface area contributed by atoms with E-state index in [0.717, 1.165) is 22.7 Å². The molecule has 0 saturated carbocycles. The largest absolute Gasteiger partial charge is 0.497 e. The molecule has 0 saturated heterocycles. The van der Waals surface area contributed by atoms with E-state index in [1.807, 2.05) is 54.6 Å². The molecule has 0 aliphatic rings. The number of aromatic amines is 1. The van der Waals surface area contributed by atoms with E-state index in [0.29, 0.717) is 5.82 Å². The zero-order valence-corrected chi connectivity index (χ0v) is 11.7. The number of hydrogen-bond acceptors (Lipinski definition) is 3. The van der Waals surface area contributed by atoms with Crippen molar-refractivity contribution in [1.29, 1.82) is 0 Å². The van der Waals surface area contributed by atoms with Gasteiger partial charge in [0.25, 0.3) is 0 Å². The molecule has 1 heterocycles. The van der Waals surface area contributed by atoms with Crippen LogP contribution in [0.4, 0.5) is 5.82 Å². The third-order valence-electron chi connectivity index (χ3n) is 3.07. The lowest BCUT2D eigenvalue weighted by molar-refractivity contribution is 0.415. The van der Waals surface area contributed by atoms with Gasteiger partial charge in [0.2, 0.25) is 0 Å². The van der Waals surface area contributed by atoms with Crippen molar-refractivity contribution in [2.24, 2.45) is 4.99 Å². The first-order valence-corrected chi connectivity index (χ1v) is 6.64. The predicted octanol–water partition coefficient (Wildman–Crippen LogP) is 3.84. The summed E-state index contributed by atoms with van der Waals surface area (Å²) in [5.74, 6) is 2.27. The lowest BCUT2D eigenvalue weighted by atomic mass is 10.2. The number of nitrogens with zero attached hydrogens (tertiary/aromatic N) is 2. The van der Waals surface area contributed by atoms with Crippen LogP contribution in [0.3, 0.4) is 0 Å². The van der Waals surface area contributed by atoms with Crippen LogP contribution < -0.4 is 4.74 Å². The standard InChI is InChI=1S/C17H15N3O/c1-21-15-9-7-14(8-10-15)17-19-12-16(20-17)18-11-13-5-3-2-4-6-13/h2-12H,1H3,(H,19,20). The van der Waals surface area contributed by atoms with Crippen LogP contribution in [0.1, 0.15) is 5.56 Å². The molecule has 0 radical (unpaired) electrons. The van der Waals surface area contributed by atoms with Crippen molar-refractivity contribution in [3.63, 3.8) is 0 Å². The van der Waals surface area contributed by atoms with E-state index in [2.05, 4.69) is 15.0 Å². The van der Waals surface area contributed by atoms with Crippen LogP contribution in [-0.2, 0) is 0 Å². The Balaban J connectivity index is 1.78. The highest BCUT2D eigenvalue weighted by Gasteiger charge is 2.03. The summed E-state index contributed by atoms with van der Waals surface area (Å²) < 4.78 is 5.14. The average Bonchev–Trinajstić information content (AvgIpc) is 3.03. The highest BCUT2D eigenvalue weighted by atomic mass is 16.5. The maximum atomic E-state index is 5.14. The monoisotopic (exact) mass is 277 g/mol. The Bertz CT molecular complexity index is 730. The second kappa shape index (κ2) is 6.05. The van der Waals surface area contributed by atoms with Crippen molar-refractivity contribution in [3.8, 4) is 17.1 Å². The van der Waals surface area contributed by atoms with Gasteiger partial charge in [0.15, 0.2) is 5.82 Å². The van der Waals surface area contributed by atoms with Gasteiger partial charge in [0.05, 0.1) is 7.11 Å². The first kappa shape index (κ1) is 13.1. The molecular weight excluding hydrogens is 262 g/mol. The summed E-state index contributed by atoms with van der Waals surface area (Å²) in [6.45, 7) is 0. The molecule has 0 atom stereocenters. The van der Waals surface area contributed by atoms with Gasteiger partial charge in [0, 0.05) is 18.0 Å². The van der Waals surface area contributed by atoms with Crippen molar-refractivity contribution in [2.45, 2.75) is 0 Å². The molecule has 0 bridgehead atoms. The van der Waals surface area contributed by atoms with Crippen molar-refractivity contribution in [1.82, 2.24) is 9.97 Å². The lowest BCUT2D eigenvalue weighted by Crippen LogP contribution is -1.83. The summed E-state index contributed by atoms with van der Waals surface area (Å²) in [7, 11) is 1.65. The van der Waals surface area contributed by atoms with Gasteiger partial charge in [0.1, 0.15) is 11.6 Å². The Morgan fingerprint density at radius 2 is 1.81 bits per heavy atom. The summed E-state index contributed by atoms with van der Waals surface area (Å²) in [6, 6.07) is 17.7. The number of hydrogen-bond donors (Lipinski definition) is 1. The topological polar surface area (TPSA) is 50.3 Å². The fourth-order valence-corrected chi connectivity index (χ4v) is 1.95. The smallest absolute Gasteiger partial charge is 0.170 e. The van der Waals surface area contributed by atoms with Gasteiger partial charge in [-0.25, -0.2) is 9.98 Å². The Morgan fingerprint density at radius 3 is 2.52 bits per heavy atom. The molecule has 0 aliphatic carbocycles. The molecule has 3 aromatic rings. The maximum Gasteiger partial charge on any atom is 0.170 e. The molecule has 0 fully saturated rings. The van der Waals surface area contributed by atoms with Crippen molar-refractivity contribution in [2.75, 3.05) is 7.11 Å². The first-order valence-electron chi connectivity index (χ1n) is 6.64. The molecule has 0 unspecified atom stereocenters. The van der Waals surface area contributed by atoms with Crippen LogP contribution in [0.2, 0.25) is 0 Å². The maximum absolute atomic E-state index is 5.14. The number of imidazole rings is 1. The summed E-state index contributed by atoms with van der Waals surface area (Å²) in [5, 5.41) is 0. The zero-order chi connectivity index (χ0) is 14.5. The summed E-state index contributed by atoms with van der Waals surface area (Å²) >= 11 is 0. The van der Waals surface area contributed by atoms with E-state index < -0.39 is 0 Å². The molecule has 1 N–H and O–H groups in total. The molecular formula is C17H15N3O. The molecule has 2 aromatic carbocycles. The van der Waals surface area contributed by atoms with Crippen molar-refractivity contribution < 1.29 is 4.74 Å². The molecule has 104 valence electrons. The van der Waals surface area contributed by atoms with E-state index in [1.54, 1.807) is 19.5 Å². The number of ether oxygens (including phenoxy) is 1. The second-order valence-corrected chi connectivity index (χ2v) is 4.50. The molecule has 0 spiro atoms. The fraction of sp³-hybridized carbons (Fsp3) is 0.0588. The van der Waals surface area contributed by atoms with Crippen LogP contribution in [0.5, 0.6) is 5.75 Å². The third kappa shape index (κ3) is 3.17. The number of aliphatic imine (C=N–C) groups is 1. The second-order valence-electron chi connectivity index (χ2n) is 4.50. The van der Waals surface area contributed by atoms with Crippen LogP contribution in [-0.4, -0.2) is 23.3 Å². The molecule has 3 rings (SSSR count). The summed E-state index contributed by atoms with van der Waals surface area (Å²) in [6.07, 6.45) is 3.59. The minimum Gasteiger partial charge on any atom is -0.497 e. The Hall–Kier alpha value is -2.88. The predicted molar refractivity (Wildman–Crippen MR) is 84.3 cm³/mol. The Labute approximate surface area is 123 Å². The number of nitrogens with one attached hydrogen (secondary N) is 1. The van der Waals surface area contributed by atoms with Crippen LogP contribution in [0.25, 0.3) is 11.4 Å². The molecule has 21 heavy (non-hydrogen) atoms. The zero-order valence-electron chi connectivity index (χ0n) is 11.7. The average molecular weight is 277 g/mol. The van der Waals surface area contributed by atoms with Gasteiger partial charge in [-0.15, -0.1) is 0 Å². The number of benzene rings is 2. The summed E-state index contributed by atoms with van der Waals surface area (Å²) in [4.78, 5) is 12.0. The van der Waals surface area contributed by atoms with Crippen LogP contribution in [0, 0.1) is 0 Å². The lowest BCUT2D eigenvalue weighted by Gasteiger charge is -2.00. The van der Waals surface area contributed by atoms with E-state index >= 15 is 0 Å². The first-order chi connectivity index (χ1) is 10.3. The Kier molecular flexibility index (Phi) is 3.78. The molecule has 4 nitrogen and oxygen atoms in total. The molecule has 0 amide bonds. The van der Waals surface area contributed by atoms with Crippen molar-refractivity contribution in [3.05, 3.63) is 66.4 Å². The van der Waals surface area contributed by atoms with Gasteiger partial charge < -0.3 is 9.72 Å².